The molecular formula is H3Cl3Si3. The standard InChI is InChI=1S/Cl3H3Si3/c1-6(2,3)5-4/h5H,4H2. The fraction of sp³-hybridized carbons (Fsp3) is 0. The quantitative estimate of drug-likeness (QED) is 0.410. The fourth-order valence-electron chi connectivity index (χ4n) is 0. The third-order valence-electron chi connectivity index (χ3n) is 0.231. The first-order valence-electron chi connectivity index (χ1n) is 1.26. The Morgan fingerprint density at radius 2 is 1.50 bits per heavy atom. The smallest absolute Gasteiger partial charge is 0.127 e. The minimum Gasteiger partial charge on any atom is -0.127 e. The van der Waals surface area contributed by atoms with Crippen LogP contribution in [-0.4, -0.2) is 23.0 Å². The molecule has 0 spiro atoms. The van der Waals surface area contributed by atoms with E-state index in [9.17, 15) is 0 Å². The average molecular weight is 194 g/mol. The van der Waals surface area contributed by atoms with Crippen LogP contribution in [0.25, 0.3) is 0 Å². The van der Waals surface area contributed by atoms with Crippen LogP contribution in [0.2, 0.25) is 0 Å². The molecule has 0 radical (unpaired) electrons. The van der Waals surface area contributed by atoms with Crippen LogP contribution in [-0.2, 0) is 0 Å². The number of hydrogen-bond acceptors (Lipinski definition) is 0. The summed E-state index contributed by atoms with van der Waals surface area (Å²) in [5, 5.41) is 0. The molecule has 6 heavy (non-hydrogen) atoms. The molecule has 0 aliphatic carbocycles. The van der Waals surface area contributed by atoms with E-state index in [0.29, 0.717) is 0 Å². The van der Waals surface area contributed by atoms with Gasteiger partial charge in [0.05, 0.1) is 0 Å². The molecule has 0 aromatic carbocycles. The normalized spacial score (nSPS) is 11.2. The topological polar surface area (TPSA) is 0 Å². The zero-order valence-electron chi connectivity index (χ0n) is 2.92. The van der Waals surface area contributed by atoms with Crippen LogP contribution in [0.15, 0.2) is 0 Å². The van der Waals surface area contributed by atoms with E-state index >= 15 is 0 Å². The van der Waals surface area contributed by atoms with Gasteiger partial charge in [0.1, 0.15) is 0 Å². The molecule has 0 heterocycles. The van der Waals surface area contributed by atoms with Gasteiger partial charge in [-0.05, 0) is 9.34 Å². The maximum atomic E-state index is 5.43. The fourth-order valence-corrected chi connectivity index (χ4v) is 0. The molecule has 0 unspecified atom stereocenters. The van der Waals surface area contributed by atoms with Gasteiger partial charge in [-0.2, -0.15) is 0 Å². The van der Waals surface area contributed by atoms with E-state index in [4.69, 9.17) is 33.2 Å². The first kappa shape index (κ1) is 7.52. The van der Waals surface area contributed by atoms with Gasteiger partial charge in [0, 0.05) is 8.13 Å². The Hall–Kier alpha value is 1.52. The van der Waals surface area contributed by atoms with Crippen LogP contribution < -0.4 is 0 Å². The number of halogens is 3. The summed E-state index contributed by atoms with van der Waals surface area (Å²) in [4.78, 5) is 0. The monoisotopic (exact) mass is 192 g/mol. The lowest BCUT2D eigenvalue weighted by Gasteiger charge is -1.93. The number of rotatable bonds is 1. The Labute approximate surface area is 56.3 Å². The molecule has 0 aromatic rings. The summed E-state index contributed by atoms with van der Waals surface area (Å²) in [6, 6.07) is 0. The van der Waals surface area contributed by atoms with E-state index in [1.54, 1.807) is 9.34 Å². The van der Waals surface area contributed by atoms with Gasteiger partial charge in [-0.25, -0.2) is 0 Å². The van der Waals surface area contributed by atoms with Crippen LogP contribution >= 0.6 is 33.2 Å². The zero-order valence-corrected chi connectivity index (χ0v) is 8.76. The molecule has 0 N–H and O–H groups in total. The predicted octanol–water partition coefficient (Wildman–Crippen LogP) is 0.123. The van der Waals surface area contributed by atoms with Crippen LogP contribution in [0, 0.1) is 0 Å². The van der Waals surface area contributed by atoms with Crippen molar-refractivity contribution < 1.29 is 0 Å². The molecule has 0 aliphatic rings. The third-order valence-corrected chi connectivity index (χ3v) is 18.7. The van der Waals surface area contributed by atoms with Gasteiger partial charge >= 0.3 is 5.52 Å². The number of hydrogen-bond donors (Lipinski definition) is 0. The minimum atomic E-state index is -2.12. The van der Waals surface area contributed by atoms with Gasteiger partial charge in [0.25, 0.3) is 0 Å². The van der Waals surface area contributed by atoms with E-state index in [1.165, 1.54) is 0 Å². The van der Waals surface area contributed by atoms with Crippen molar-refractivity contribution in [1.29, 1.82) is 0 Å². The molecule has 0 fully saturated rings. The Morgan fingerprint density at radius 1 is 1.33 bits per heavy atom. The molecule has 0 amide bonds. The van der Waals surface area contributed by atoms with Crippen LogP contribution in [0.5, 0.6) is 0 Å². The van der Waals surface area contributed by atoms with Crippen molar-refractivity contribution in [3.63, 3.8) is 0 Å². The molecule has 0 aromatic heterocycles. The summed E-state index contributed by atoms with van der Waals surface area (Å²) in [6.45, 7) is 0. The summed E-state index contributed by atoms with van der Waals surface area (Å²) in [7, 11) is 1.91. The summed E-state index contributed by atoms with van der Waals surface area (Å²) >= 11 is 16.3. The molecule has 0 atom stereocenters. The molecule has 0 nitrogen and oxygen atoms in total. The second kappa shape index (κ2) is 2.74. The lowest BCUT2D eigenvalue weighted by atomic mass is 26.7. The second-order valence-corrected chi connectivity index (χ2v) is 20.1. The van der Waals surface area contributed by atoms with E-state index < -0.39 is 5.52 Å². The van der Waals surface area contributed by atoms with Crippen LogP contribution in [0.1, 0.15) is 0 Å². The van der Waals surface area contributed by atoms with E-state index in [2.05, 4.69) is 0 Å². The van der Waals surface area contributed by atoms with Crippen molar-refractivity contribution in [2.45, 2.75) is 0 Å². The molecule has 0 aliphatic heterocycles. The van der Waals surface area contributed by atoms with Crippen LogP contribution in [0.4, 0.5) is 0 Å². The van der Waals surface area contributed by atoms with Gasteiger partial charge in [-0.1, -0.05) is 0 Å². The maximum Gasteiger partial charge on any atom is 0.333 e. The van der Waals surface area contributed by atoms with E-state index in [0.717, 1.165) is 0 Å². The van der Waals surface area contributed by atoms with Gasteiger partial charge in [-0.15, -0.1) is 33.2 Å². The Bertz CT molecular complexity index is 51.5. The first-order valence-corrected chi connectivity index (χ1v) is 11.4. The molecule has 0 saturated heterocycles. The van der Waals surface area contributed by atoms with Crippen molar-refractivity contribution in [2.24, 2.45) is 0 Å². The maximum absolute atomic E-state index is 5.43. The predicted molar refractivity (Wildman–Crippen MR) is 39.0 cm³/mol. The highest BCUT2D eigenvalue weighted by molar-refractivity contribution is 7.83. The average Bonchev–Trinajstić information content (AvgIpc) is 1.35. The van der Waals surface area contributed by atoms with Gasteiger partial charge in [0.15, 0.2) is 0 Å². The minimum absolute atomic E-state index is 0.123. The highest BCUT2D eigenvalue weighted by Gasteiger charge is 2.16. The van der Waals surface area contributed by atoms with Crippen molar-refractivity contribution in [3.8, 4) is 0 Å². The van der Waals surface area contributed by atoms with Crippen molar-refractivity contribution in [3.05, 3.63) is 0 Å². The summed E-state index contributed by atoms with van der Waals surface area (Å²) < 4.78 is 0. The van der Waals surface area contributed by atoms with Gasteiger partial charge in [-0.3, -0.25) is 0 Å². The highest BCUT2D eigenvalue weighted by atomic mass is 35.8. The second-order valence-electron chi connectivity index (χ2n) is 0.746. The summed E-state index contributed by atoms with van der Waals surface area (Å²) in [5.74, 6) is 0. The van der Waals surface area contributed by atoms with E-state index in [1.807, 2.05) is 0 Å². The SMILES string of the molecule is [SiH2]=[SiH][Si](Cl)(Cl)Cl. The lowest BCUT2D eigenvalue weighted by molar-refractivity contribution is 3.76. The Morgan fingerprint density at radius 3 is 1.50 bits per heavy atom. The third kappa shape index (κ3) is 5.52. The van der Waals surface area contributed by atoms with Gasteiger partial charge < -0.3 is 0 Å². The molecule has 36 valence electrons. The highest BCUT2D eigenvalue weighted by Crippen LogP contribution is 2.13. The lowest BCUT2D eigenvalue weighted by Crippen LogP contribution is -2.13. The molecule has 0 bridgehead atoms. The molecular weight excluding hydrogens is 191 g/mol. The summed E-state index contributed by atoms with van der Waals surface area (Å²) in [5.41, 5.74) is -2.12. The van der Waals surface area contributed by atoms with E-state index in [-0.39, 0.29) is 8.13 Å². The summed E-state index contributed by atoms with van der Waals surface area (Å²) in [6.07, 6.45) is 0. The van der Waals surface area contributed by atoms with Crippen molar-refractivity contribution in [2.75, 3.05) is 0 Å². The Balaban J connectivity index is 3.45. The first-order chi connectivity index (χ1) is 2.56. The van der Waals surface area contributed by atoms with Crippen molar-refractivity contribution in [1.82, 2.24) is 0 Å². The van der Waals surface area contributed by atoms with Crippen LogP contribution in [0.3, 0.4) is 0 Å². The molecule has 0 saturated carbocycles. The molecule has 6 heteroatoms. The van der Waals surface area contributed by atoms with Gasteiger partial charge in [0.2, 0.25) is 0 Å². The molecule has 0 rings (SSSR count). The Kier molecular flexibility index (Phi) is 3.43. The zero-order chi connectivity index (χ0) is 5.21. The van der Waals surface area contributed by atoms with Crippen molar-refractivity contribution >= 4 is 56.2 Å². The largest absolute Gasteiger partial charge is 0.333 e.